The van der Waals surface area contributed by atoms with Gasteiger partial charge in [-0.3, -0.25) is 9.59 Å². The van der Waals surface area contributed by atoms with Crippen LogP contribution in [-0.2, 0) is 23.8 Å². The van der Waals surface area contributed by atoms with Gasteiger partial charge < -0.3 is 45.1 Å². The van der Waals surface area contributed by atoms with E-state index in [0.717, 1.165) is 57.8 Å². The zero-order valence-corrected chi connectivity index (χ0v) is 63.6. The number of esters is 1. The van der Waals surface area contributed by atoms with Crippen LogP contribution in [0.1, 0.15) is 444 Å². The number of hydrogen-bond acceptors (Lipinski definition) is 10. The smallest absolute Gasteiger partial charge is 0.305 e. The average molecular weight is 1360 g/mol. The Labute approximate surface area is 594 Å². The molecule has 0 aliphatic carbocycles. The summed E-state index contributed by atoms with van der Waals surface area (Å²) < 4.78 is 16.8. The van der Waals surface area contributed by atoms with E-state index in [2.05, 4.69) is 31.3 Å². The fourth-order valence-electron chi connectivity index (χ4n) is 13.9. The number of aliphatic hydroxyl groups is 5. The Morgan fingerprint density at radius 3 is 1.00 bits per heavy atom. The molecule has 0 aromatic rings. The average Bonchev–Trinajstić information content (AvgIpc) is 0.844. The van der Waals surface area contributed by atoms with Crippen LogP contribution in [-0.4, -0.2) is 100 Å². The maximum absolute atomic E-state index is 13.1. The van der Waals surface area contributed by atoms with Crippen molar-refractivity contribution in [3.63, 3.8) is 0 Å². The van der Waals surface area contributed by atoms with E-state index in [1.54, 1.807) is 6.08 Å². The molecule has 1 saturated heterocycles. The molecule has 96 heavy (non-hydrogen) atoms. The van der Waals surface area contributed by atoms with Crippen molar-refractivity contribution < 1.29 is 49.3 Å². The molecule has 0 radical (unpaired) electrons. The first-order valence-corrected chi connectivity index (χ1v) is 42.6. The highest BCUT2D eigenvalue weighted by Gasteiger charge is 2.44. The molecule has 11 heteroatoms. The molecule has 7 unspecified atom stereocenters. The zero-order valence-electron chi connectivity index (χ0n) is 63.6. The molecule has 11 nitrogen and oxygen atoms in total. The van der Waals surface area contributed by atoms with Gasteiger partial charge in [0.2, 0.25) is 5.91 Å². The molecule has 0 saturated carbocycles. The van der Waals surface area contributed by atoms with E-state index >= 15 is 0 Å². The number of unbranched alkanes of at least 4 members (excludes halogenated alkanes) is 61. The number of carbonyl (C=O) groups excluding carboxylic acids is 2. The predicted octanol–water partition coefficient (Wildman–Crippen LogP) is 23.5. The summed E-state index contributed by atoms with van der Waals surface area (Å²) in [5.41, 5.74) is 0. The summed E-state index contributed by atoms with van der Waals surface area (Å²) in [6, 6.07) is -0.804. The van der Waals surface area contributed by atoms with Gasteiger partial charge in [0.15, 0.2) is 6.29 Å². The SMILES string of the molecule is CCCCCCCCC/C=C\CCCCCCCCCC(=O)OCCCCCCCCCCCCCCCCCCCCCCCCCCCCCCCCCCCCCCCCCC(=O)NC(COC1OC(CO)C(O)C(O)C1O)C(O)/C=C/CCCCCCCCCCC. The molecule has 0 aromatic heterocycles. The van der Waals surface area contributed by atoms with Crippen molar-refractivity contribution in [3.8, 4) is 0 Å². The largest absolute Gasteiger partial charge is 0.466 e. The molecule has 1 rings (SSSR count). The first-order valence-electron chi connectivity index (χ1n) is 42.6. The van der Waals surface area contributed by atoms with Crippen LogP contribution in [0, 0.1) is 0 Å². The Morgan fingerprint density at radius 1 is 0.375 bits per heavy atom. The second-order valence-corrected chi connectivity index (χ2v) is 29.9. The van der Waals surface area contributed by atoms with E-state index in [1.807, 2.05) is 6.08 Å². The number of amides is 1. The number of ether oxygens (including phenoxy) is 3. The van der Waals surface area contributed by atoms with Crippen molar-refractivity contribution in [2.45, 2.75) is 487 Å². The maximum Gasteiger partial charge on any atom is 0.305 e. The third kappa shape index (κ3) is 62.0. The quantitative estimate of drug-likeness (QED) is 0.0195. The molecule has 1 aliphatic heterocycles. The van der Waals surface area contributed by atoms with Gasteiger partial charge in [0, 0.05) is 12.8 Å². The Kier molecular flexibility index (Phi) is 71.4. The lowest BCUT2D eigenvalue weighted by molar-refractivity contribution is -0.302. The van der Waals surface area contributed by atoms with E-state index < -0.39 is 49.5 Å². The van der Waals surface area contributed by atoms with Crippen LogP contribution >= 0.6 is 0 Å². The summed E-state index contributed by atoms with van der Waals surface area (Å²) in [6.45, 7) is 4.39. The number of hydrogen-bond donors (Lipinski definition) is 6. The van der Waals surface area contributed by atoms with Gasteiger partial charge in [-0.25, -0.2) is 0 Å². The van der Waals surface area contributed by atoms with Gasteiger partial charge in [0.25, 0.3) is 0 Å². The lowest BCUT2D eigenvalue weighted by Crippen LogP contribution is -2.60. The fraction of sp³-hybridized carbons (Fsp3) is 0.929. The minimum atomic E-state index is -1.57. The van der Waals surface area contributed by atoms with Crippen LogP contribution in [0.4, 0.5) is 0 Å². The van der Waals surface area contributed by atoms with Crippen molar-refractivity contribution in [1.82, 2.24) is 5.32 Å². The predicted molar refractivity (Wildman–Crippen MR) is 408 cm³/mol. The molecule has 1 heterocycles. The molecule has 0 spiro atoms. The van der Waals surface area contributed by atoms with E-state index in [1.165, 1.54) is 360 Å². The van der Waals surface area contributed by atoms with Gasteiger partial charge in [-0.05, 0) is 57.8 Å². The van der Waals surface area contributed by atoms with Gasteiger partial charge in [0.05, 0.1) is 32.0 Å². The van der Waals surface area contributed by atoms with E-state index in [9.17, 15) is 35.1 Å². The molecule has 568 valence electrons. The third-order valence-electron chi connectivity index (χ3n) is 20.6. The molecule has 0 aromatic carbocycles. The van der Waals surface area contributed by atoms with Crippen LogP contribution in [0.25, 0.3) is 0 Å². The summed E-state index contributed by atoms with van der Waals surface area (Å²) in [5.74, 6) is -0.157. The third-order valence-corrected chi connectivity index (χ3v) is 20.6. The topological polar surface area (TPSA) is 175 Å². The lowest BCUT2D eigenvalue weighted by Gasteiger charge is -2.40. The van der Waals surface area contributed by atoms with Crippen molar-refractivity contribution in [1.29, 1.82) is 0 Å². The van der Waals surface area contributed by atoms with Crippen LogP contribution in [0.5, 0.6) is 0 Å². The number of aliphatic hydroxyl groups excluding tert-OH is 5. The Bertz CT molecular complexity index is 1640. The molecule has 1 fully saturated rings. The Hall–Kier alpha value is -1.86. The maximum atomic E-state index is 13.1. The van der Waals surface area contributed by atoms with Gasteiger partial charge >= 0.3 is 5.97 Å². The molecule has 7 atom stereocenters. The summed E-state index contributed by atoms with van der Waals surface area (Å²) in [4.78, 5) is 25.2. The summed E-state index contributed by atoms with van der Waals surface area (Å²) in [6.07, 6.45) is 86.7. The first-order chi connectivity index (χ1) is 47.2. The summed E-state index contributed by atoms with van der Waals surface area (Å²) in [7, 11) is 0. The highest BCUT2D eigenvalue weighted by Crippen LogP contribution is 2.24. The highest BCUT2D eigenvalue weighted by atomic mass is 16.7. The lowest BCUT2D eigenvalue weighted by atomic mass is 9.99. The summed E-state index contributed by atoms with van der Waals surface area (Å²) in [5, 5.41) is 54.5. The normalized spacial score (nSPS) is 17.3. The van der Waals surface area contributed by atoms with Gasteiger partial charge in [-0.15, -0.1) is 0 Å². The zero-order chi connectivity index (χ0) is 69.4. The minimum absolute atomic E-state index is 0.0165. The van der Waals surface area contributed by atoms with Crippen LogP contribution < -0.4 is 5.32 Å². The number of rotatable bonds is 77. The van der Waals surface area contributed by atoms with Gasteiger partial charge in [-0.2, -0.15) is 0 Å². The number of carbonyl (C=O) groups is 2. The molecule has 1 amide bonds. The monoisotopic (exact) mass is 1360 g/mol. The first kappa shape index (κ1) is 92.2. The second kappa shape index (κ2) is 74.3. The molecular formula is C85H163NO10. The van der Waals surface area contributed by atoms with Crippen molar-refractivity contribution in [3.05, 3.63) is 24.3 Å². The van der Waals surface area contributed by atoms with Crippen LogP contribution in [0.2, 0.25) is 0 Å². The van der Waals surface area contributed by atoms with Crippen molar-refractivity contribution in [2.75, 3.05) is 19.8 Å². The molecule has 0 bridgehead atoms. The van der Waals surface area contributed by atoms with Crippen molar-refractivity contribution in [2.24, 2.45) is 0 Å². The van der Waals surface area contributed by atoms with Crippen molar-refractivity contribution >= 4 is 11.9 Å². The van der Waals surface area contributed by atoms with Crippen LogP contribution in [0.3, 0.4) is 0 Å². The molecule has 6 N–H and O–H groups in total. The second-order valence-electron chi connectivity index (χ2n) is 29.9. The number of allylic oxidation sites excluding steroid dienone is 3. The highest BCUT2D eigenvalue weighted by molar-refractivity contribution is 5.76. The molecule has 1 aliphatic rings. The van der Waals surface area contributed by atoms with Gasteiger partial charge in [0.1, 0.15) is 24.4 Å². The van der Waals surface area contributed by atoms with E-state index in [0.29, 0.717) is 19.4 Å². The fourth-order valence-corrected chi connectivity index (χ4v) is 13.9. The minimum Gasteiger partial charge on any atom is -0.466 e. The molecular weight excluding hydrogens is 1190 g/mol. The van der Waals surface area contributed by atoms with E-state index in [4.69, 9.17) is 14.2 Å². The van der Waals surface area contributed by atoms with Crippen LogP contribution in [0.15, 0.2) is 24.3 Å². The Morgan fingerprint density at radius 2 is 0.667 bits per heavy atom. The van der Waals surface area contributed by atoms with E-state index in [-0.39, 0.29) is 18.5 Å². The van der Waals surface area contributed by atoms with Gasteiger partial charge in [-0.1, -0.05) is 398 Å². The Balaban J connectivity index is 1.83. The summed E-state index contributed by atoms with van der Waals surface area (Å²) >= 11 is 0. The number of nitrogens with one attached hydrogen (secondary N) is 1. The standard InChI is InChI=1S/C85H163NO10/c1-3-5-7-9-11-13-15-16-17-18-43-46-49-53-57-61-65-69-73-81(90)94-74-70-66-62-58-54-50-47-44-41-39-37-35-33-31-29-27-25-23-21-19-20-22-24-26-28-30-32-34-36-38-40-42-45-48-52-56-60-64-68-72-80(89)86-77(76-95-85-84(93)83(92)82(91)79(75-87)96-85)78(88)71-67-63-59-55-51-14-12-10-8-6-4-2/h17-18,67,71,77-79,82-85,87-88,91-93H,3-16,19-66,68-70,72-76H2,1-2H3,(H,86,89)/b18-17-,71-67+.